The minimum atomic E-state index is -0.0000753. The van der Waals surface area contributed by atoms with Crippen LogP contribution in [-0.4, -0.2) is 23.4 Å². The summed E-state index contributed by atoms with van der Waals surface area (Å²) in [5.74, 6) is 0.922. The first-order valence-electron chi connectivity index (χ1n) is 3.77. The maximum Gasteiger partial charge on any atom is 0.119 e. The Morgan fingerprint density at radius 2 is 2.17 bits per heavy atom. The highest BCUT2D eigenvalue weighted by Crippen LogP contribution is 2.21. The molecule has 66 valence electrons. The molecular weight excluding hydrogens is 156 g/mol. The Hall–Kier alpha value is -1.22. The lowest BCUT2D eigenvalue weighted by Crippen LogP contribution is -2.01. The van der Waals surface area contributed by atoms with Gasteiger partial charge in [0.25, 0.3) is 0 Å². The summed E-state index contributed by atoms with van der Waals surface area (Å²) in [5, 5.41) is 17.6. The number of phenols is 1. The van der Waals surface area contributed by atoms with Gasteiger partial charge in [0, 0.05) is 0 Å². The van der Waals surface area contributed by atoms with Gasteiger partial charge >= 0.3 is 0 Å². The summed E-state index contributed by atoms with van der Waals surface area (Å²) in [6, 6.07) is 4.96. The molecule has 0 amide bonds. The van der Waals surface area contributed by atoms with Gasteiger partial charge < -0.3 is 14.9 Å². The maximum absolute atomic E-state index is 9.16. The summed E-state index contributed by atoms with van der Waals surface area (Å²) < 4.78 is 5.13. The fourth-order valence-electron chi connectivity index (χ4n) is 0.881. The van der Waals surface area contributed by atoms with Gasteiger partial charge in [0.15, 0.2) is 0 Å². The number of aromatic hydroxyl groups is 1. The van der Waals surface area contributed by atoms with Crippen LogP contribution in [-0.2, 0) is 0 Å². The van der Waals surface area contributed by atoms with Crippen LogP contribution < -0.4 is 4.74 Å². The second-order valence-electron chi connectivity index (χ2n) is 2.52. The van der Waals surface area contributed by atoms with Crippen LogP contribution in [0.25, 0.3) is 0 Å². The highest BCUT2D eigenvalue weighted by atomic mass is 16.5. The van der Waals surface area contributed by atoms with Gasteiger partial charge in [-0.05, 0) is 30.7 Å². The van der Waals surface area contributed by atoms with Gasteiger partial charge in [-0.3, -0.25) is 0 Å². The molecule has 0 bridgehead atoms. The van der Waals surface area contributed by atoms with Crippen molar-refractivity contribution in [3.63, 3.8) is 0 Å². The summed E-state index contributed by atoms with van der Waals surface area (Å²) >= 11 is 0. The normalized spacial score (nSPS) is 9.83. The van der Waals surface area contributed by atoms with E-state index in [9.17, 15) is 0 Å². The topological polar surface area (TPSA) is 49.7 Å². The molecule has 0 aromatic heterocycles. The molecule has 3 heteroatoms. The molecule has 0 aliphatic heterocycles. The maximum atomic E-state index is 9.16. The van der Waals surface area contributed by atoms with Gasteiger partial charge in [-0.1, -0.05) is 0 Å². The standard InChI is InChI=1S/C9H12O3/c1-7-6-8(12-5-4-10)2-3-9(7)11/h2-3,6,10-11H,4-5H2,1H3. The molecule has 0 radical (unpaired) electrons. The number of aryl methyl sites for hydroxylation is 1. The average molecular weight is 168 g/mol. The highest BCUT2D eigenvalue weighted by molar-refractivity contribution is 5.38. The zero-order valence-corrected chi connectivity index (χ0v) is 6.95. The number of hydrogen-bond donors (Lipinski definition) is 2. The minimum absolute atomic E-state index is 0.0000753. The first kappa shape index (κ1) is 8.87. The third-order valence-electron chi connectivity index (χ3n) is 1.53. The number of phenolic OH excluding ortho intramolecular Hbond substituents is 1. The van der Waals surface area contributed by atoms with Crippen molar-refractivity contribution in [2.45, 2.75) is 6.92 Å². The van der Waals surface area contributed by atoms with E-state index in [0.29, 0.717) is 5.75 Å². The van der Waals surface area contributed by atoms with E-state index in [4.69, 9.17) is 14.9 Å². The monoisotopic (exact) mass is 168 g/mol. The van der Waals surface area contributed by atoms with Crippen molar-refractivity contribution in [1.82, 2.24) is 0 Å². The molecule has 3 nitrogen and oxygen atoms in total. The first-order chi connectivity index (χ1) is 5.74. The molecular formula is C9H12O3. The molecule has 0 aliphatic rings. The predicted octanol–water partition coefficient (Wildman–Crippen LogP) is 1.07. The van der Waals surface area contributed by atoms with Crippen molar-refractivity contribution in [2.75, 3.05) is 13.2 Å². The van der Waals surface area contributed by atoms with Crippen LogP contribution in [0.3, 0.4) is 0 Å². The Kier molecular flexibility index (Phi) is 2.94. The van der Waals surface area contributed by atoms with Crippen molar-refractivity contribution in [3.8, 4) is 11.5 Å². The Balaban J connectivity index is 2.69. The fraction of sp³-hybridized carbons (Fsp3) is 0.333. The summed E-state index contributed by atoms with van der Waals surface area (Å²) in [6.07, 6.45) is 0. The third-order valence-corrected chi connectivity index (χ3v) is 1.53. The molecule has 2 N–H and O–H groups in total. The van der Waals surface area contributed by atoms with Gasteiger partial charge in [0.05, 0.1) is 6.61 Å². The van der Waals surface area contributed by atoms with Gasteiger partial charge in [-0.2, -0.15) is 0 Å². The number of hydrogen-bond acceptors (Lipinski definition) is 3. The van der Waals surface area contributed by atoms with Crippen molar-refractivity contribution in [3.05, 3.63) is 23.8 Å². The molecule has 1 aromatic carbocycles. The lowest BCUT2D eigenvalue weighted by Gasteiger charge is -2.05. The number of rotatable bonds is 3. The Bertz CT molecular complexity index is 258. The number of aliphatic hydroxyl groups excluding tert-OH is 1. The summed E-state index contributed by atoms with van der Waals surface area (Å²) in [7, 11) is 0. The summed E-state index contributed by atoms with van der Waals surface area (Å²) in [5.41, 5.74) is 0.769. The summed E-state index contributed by atoms with van der Waals surface area (Å²) in [4.78, 5) is 0. The van der Waals surface area contributed by atoms with E-state index in [2.05, 4.69) is 0 Å². The molecule has 0 spiro atoms. The second-order valence-corrected chi connectivity index (χ2v) is 2.52. The fourth-order valence-corrected chi connectivity index (χ4v) is 0.881. The smallest absolute Gasteiger partial charge is 0.119 e. The predicted molar refractivity (Wildman–Crippen MR) is 45.4 cm³/mol. The van der Waals surface area contributed by atoms with Crippen LogP contribution in [0.4, 0.5) is 0 Å². The van der Waals surface area contributed by atoms with Crippen LogP contribution in [0, 0.1) is 6.92 Å². The van der Waals surface area contributed by atoms with Crippen LogP contribution in [0.5, 0.6) is 11.5 Å². The zero-order chi connectivity index (χ0) is 8.97. The Labute approximate surface area is 71.2 Å². The van der Waals surface area contributed by atoms with Gasteiger partial charge in [0.2, 0.25) is 0 Å². The Morgan fingerprint density at radius 3 is 2.75 bits per heavy atom. The van der Waals surface area contributed by atoms with Crippen molar-refractivity contribution in [2.24, 2.45) is 0 Å². The highest BCUT2D eigenvalue weighted by Gasteiger charge is 1.97. The number of aliphatic hydroxyl groups is 1. The quantitative estimate of drug-likeness (QED) is 0.709. The van der Waals surface area contributed by atoms with Gasteiger partial charge in [-0.15, -0.1) is 0 Å². The molecule has 0 heterocycles. The third kappa shape index (κ3) is 2.13. The Morgan fingerprint density at radius 1 is 1.42 bits per heavy atom. The molecule has 0 saturated carbocycles. The molecule has 12 heavy (non-hydrogen) atoms. The van der Waals surface area contributed by atoms with Gasteiger partial charge in [0.1, 0.15) is 18.1 Å². The van der Waals surface area contributed by atoms with E-state index in [1.54, 1.807) is 25.1 Å². The lowest BCUT2D eigenvalue weighted by molar-refractivity contribution is 0.201. The SMILES string of the molecule is Cc1cc(OCCO)ccc1O. The van der Waals surface area contributed by atoms with E-state index in [0.717, 1.165) is 5.56 Å². The van der Waals surface area contributed by atoms with Crippen LogP contribution in [0.15, 0.2) is 18.2 Å². The molecule has 0 atom stereocenters. The van der Waals surface area contributed by atoms with Crippen LogP contribution >= 0.6 is 0 Å². The van der Waals surface area contributed by atoms with E-state index in [-0.39, 0.29) is 19.0 Å². The zero-order valence-electron chi connectivity index (χ0n) is 6.95. The lowest BCUT2D eigenvalue weighted by atomic mass is 10.2. The minimum Gasteiger partial charge on any atom is -0.508 e. The molecule has 0 unspecified atom stereocenters. The van der Waals surface area contributed by atoms with E-state index < -0.39 is 0 Å². The molecule has 1 rings (SSSR count). The molecule has 0 aliphatic carbocycles. The second kappa shape index (κ2) is 3.97. The molecule has 0 saturated heterocycles. The number of ether oxygens (including phenoxy) is 1. The molecule has 0 fully saturated rings. The largest absolute Gasteiger partial charge is 0.508 e. The van der Waals surface area contributed by atoms with E-state index in [1.165, 1.54) is 0 Å². The summed E-state index contributed by atoms with van der Waals surface area (Å²) in [6.45, 7) is 2.07. The van der Waals surface area contributed by atoms with E-state index in [1.807, 2.05) is 0 Å². The first-order valence-corrected chi connectivity index (χ1v) is 3.77. The van der Waals surface area contributed by atoms with Crippen molar-refractivity contribution in [1.29, 1.82) is 0 Å². The van der Waals surface area contributed by atoms with E-state index >= 15 is 0 Å². The average Bonchev–Trinajstić information content (AvgIpc) is 2.07. The number of benzene rings is 1. The van der Waals surface area contributed by atoms with Crippen LogP contribution in [0.1, 0.15) is 5.56 Å². The van der Waals surface area contributed by atoms with Gasteiger partial charge in [-0.25, -0.2) is 0 Å². The van der Waals surface area contributed by atoms with Crippen molar-refractivity contribution < 1.29 is 14.9 Å². The van der Waals surface area contributed by atoms with Crippen LogP contribution in [0.2, 0.25) is 0 Å². The molecule has 1 aromatic rings. The van der Waals surface area contributed by atoms with Crippen molar-refractivity contribution >= 4 is 0 Å².